The number of hydrogen-bond donors (Lipinski definition) is 2. The molecule has 1 heterocycles. The Hall–Kier alpha value is -3.02. The fraction of sp³-hybridized carbons (Fsp3) is 0.235. The van der Waals surface area contributed by atoms with Crippen LogP contribution in [0.15, 0.2) is 47.4 Å². The Morgan fingerprint density at radius 2 is 1.79 bits per heavy atom. The first kappa shape index (κ1) is 19.7. The third kappa shape index (κ3) is 4.44. The molecule has 0 atom stereocenters. The van der Waals surface area contributed by atoms with Crippen LogP contribution >= 0.6 is 0 Å². The number of anilines is 2. The lowest BCUT2D eigenvalue weighted by Crippen LogP contribution is -2.36. The first-order valence-corrected chi connectivity index (χ1v) is 9.86. The van der Waals surface area contributed by atoms with Crippen molar-refractivity contribution in [2.45, 2.75) is 4.90 Å². The zero-order chi connectivity index (χ0) is 20.3. The fourth-order valence-corrected chi connectivity index (χ4v) is 3.33. The summed E-state index contributed by atoms with van der Waals surface area (Å²) in [4.78, 5) is 25.2. The van der Waals surface area contributed by atoms with Gasteiger partial charge in [-0.05, 0) is 36.4 Å². The van der Waals surface area contributed by atoms with Crippen molar-refractivity contribution in [2.24, 2.45) is 5.14 Å². The average molecular weight is 406 g/mol. The van der Waals surface area contributed by atoms with Gasteiger partial charge < -0.3 is 15.0 Å². The van der Waals surface area contributed by atoms with Crippen LogP contribution in [0.5, 0.6) is 0 Å². The minimum atomic E-state index is -3.83. The Labute approximate surface area is 161 Å². The van der Waals surface area contributed by atoms with Gasteiger partial charge in [-0.25, -0.2) is 13.6 Å². The number of primary sulfonamides is 1. The molecule has 1 aliphatic heterocycles. The summed E-state index contributed by atoms with van der Waals surface area (Å²) in [6.07, 6.45) is 0. The average Bonchev–Trinajstić information content (AvgIpc) is 2.68. The van der Waals surface area contributed by atoms with E-state index >= 15 is 0 Å². The van der Waals surface area contributed by atoms with Crippen molar-refractivity contribution in [1.29, 1.82) is 0 Å². The van der Waals surface area contributed by atoms with Crippen LogP contribution in [0.2, 0.25) is 0 Å². The Morgan fingerprint density at radius 1 is 1.14 bits per heavy atom. The summed E-state index contributed by atoms with van der Waals surface area (Å²) in [6.45, 7) is 2.02. The number of nitro benzene ring substituents is 1. The highest BCUT2D eigenvalue weighted by atomic mass is 32.2. The number of amides is 1. The minimum absolute atomic E-state index is 0.0870. The number of carbonyl (C=O) groups excluding carboxylic acids is 1. The van der Waals surface area contributed by atoms with Gasteiger partial charge in [-0.15, -0.1) is 0 Å². The third-order valence-electron chi connectivity index (χ3n) is 4.23. The summed E-state index contributed by atoms with van der Waals surface area (Å²) in [5.74, 6) is -0.556. The van der Waals surface area contributed by atoms with Gasteiger partial charge in [0.2, 0.25) is 10.0 Å². The second-order valence-corrected chi connectivity index (χ2v) is 7.64. The number of nitrogens with zero attached hydrogens (tertiary/aromatic N) is 2. The number of nitro groups is 1. The molecule has 3 rings (SSSR count). The predicted molar refractivity (Wildman–Crippen MR) is 102 cm³/mol. The largest absolute Gasteiger partial charge is 0.378 e. The van der Waals surface area contributed by atoms with Gasteiger partial charge in [-0.1, -0.05) is 0 Å². The van der Waals surface area contributed by atoms with Crippen LogP contribution in [-0.2, 0) is 14.8 Å². The first-order chi connectivity index (χ1) is 13.3. The number of rotatable bonds is 5. The van der Waals surface area contributed by atoms with Gasteiger partial charge in [-0.3, -0.25) is 14.9 Å². The van der Waals surface area contributed by atoms with Crippen LogP contribution in [0.3, 0.4) is 0 Å². The van der Waals surface area contributed by atoms with E-state index in [2.05, 4.69) is 5.32 Å². The lowest BCUT2D eigenvalue weighted by atomic mass is 10.1. The van der Waals surface area contributed by atoms with Gasteiger partial charge >= 0.3 is 0 Å². The smallest absolute Gasteiger partial charge is 0.293 e. The minimum Gasteiger partial charge on any atom is -0.378 e. The van der Waals surface area contributed by atoms with E-state index in [1.807, 2.05) is 4.90 Å². The van der Waals surface area contributed by atoms with Crippen molar-refractivity contribution >= 4 is 33.0 Å². The summed E-state index contributed by atoms with van der Waals surface area (Å²) < 4.78 is 27.8. The molecule has 0 saturated carbocycles. The van der Waals surface area contributed by atoms with Crippen molar-refractivity contribution in [2.75, 3.05) is 36.5 Å². The molecule has 1 saturated heterocycles. The zero-order valence-electron chi connectivity index (χ0n) is 14.7. The summed E-state index contributed by atoms with van der Waals surface area (Å²) in [7, 11) is -3.83. The van der Waals surface area contributed by atoms with Gasteiger partial charge in [0.1, 0.15) is 5.69 Å². The highest BCUT2D eigenvalue weighted by Gasteiger charge is 2.23. The van der Waals surface area contributed by atoms with E-state index in [0.29, 0.717) is 37.7 Å². The monoisotopic (exact) mass is 406 g/mol. The van der Waals surface area contributed by atoms with Crippen molar-refractivity contribution in [1.82, 2.24) is 0 Å². The molecule has 0 aromatic heterocycles. The van der Waals surface area contributed by atoms with E-state index < -0.39 is 20.9 Å². The number of hydrogen-bond acceptors (Lipinski definition) is 7. The van der Waals surface area contributed by atoms with E-state index in [1.54, 1.807) is 6.07 Å². The lowest BCUT2D eigenvalue weighted by molar-refractivity contribution is -0.384. The van der Waals surface area contributed by atoms with E-state index in [9.17, 15) is 23.3 Å². The van der Waals surface area contributed by atoms with E-state index in [1.165, 1.54) is 36.4 Å². The van der Waals surface area contributed by atoms with Crippen LogP contribution in [0, 0.1) is 10.1 Å². The van der Waals surface area contributed by atoms with E-state index in [-0.39, 0.29) is 16.1 Å². The molecule has 0 bridgehead atoms. The molecule has 28 heavy (non-hydrogen) atoms. The second-order valence-electron chi connectivity index (χ2n) is 6.08. The highest BCUT2D eigenvalue weighted by Crippen LogP contribution is 2.30. The van der Waals surface area contributed by atoms with E-state index in [0.717, 1.165) is 0 Å². The molecule has 1 fully saturated rings. The Kier molecular flexibility index (Phi) is 5.58. The van der Waals surface area contributed by atoms with Gasteiger partial charge in [0.25, 0.3) is 11.6 Å². The molecule has 3 N–H and O–H groups in total. The van der Waals surface area contributed by atoms with Gasteiger partial charge in [0.15, 0.2) is 0 Å². The zero-order valence-corrected chi connectivity index (χ0v) is 15.5. The van der Waals surface area contributed by atoms with Crippen LogP contribution in [-0.4, -0.2) is 45.6 Å². The molecule has 2 aromatic rings. The van der Waals surface area contributed by atoms with Gasteiger partial charge in [0, 0.05) is 30.4 Å². The lowest BCUT2D eigenvalue weighted by Gasteiger charge is -2.28. The number of carbonyl (C=O) groups is 1. The molecule has 0 radical (unpaired) electrons. The van der Waals surface area contributed by atoms with Crippen molar-refractivity contribution in [3.63, 3.8) is 0 Å². The molecular weight excluding hydrogens is 388 g/mol. The molecule has 1 aliphatic rings. The number of ether oxygens (including phenoxy) is 1. The number of benzene rings is 2. The standard InChI is InChI=1S/C17H18N4O6S/c18-28(25,26)14-4-2-13(3-5-14)19-17(22)12-1-6-15(16(11-12)21(23)24)20-7-9-27-10-8-20/h1-6,11H,7-10H2,(H,19,22)(H2,18,25,26). The molecule has 10 nitrogen and oxygen atoms in total. The van der Waals surface area contributed by atoms with Crippen molar-refractivity contribution < 1.29 is 22.9 Å². The van der Waals surface area contributed by atoms with Crippen LogP contribution < -0.4 is 15.4 Å². The normalized spacial score (nSPS) is 14.5. The molecule has 0 spiro atoms. The molecule has 1 amide bonds. The van der Waals surface area contributed by atoms with Crippen LogP contribution in [0.1, 0.15) is 10.4 Å². The molecule has 11 heteroatoms. The maximum atomic E-state index is 12.4. The Bertz CT molecular complexity index is 1000. The summed E-state index contributed by atoms with van der Waals surface area (Å²) in [5, 5.41) is 19.1. The van der Waals surface area contributed by atoms with Crippen molar-refractivity contribution in [3.05, 3.63) is 58.1 Å². The van der Waals surface area contributed by atoms with Crippen LogP contribution in [0.4, 0.5) is 17.1 Å². The maximum absolute atomic E-state index is 12.4. The Balaban J connectivity index is 1.81. The second kappa shape index (κ2) is 7.92. The summed E-state index contributed by atoms with van der Waals surface area (Å²) in [5.41, 5.74) is 0.706. The van der Waals surface area contributed by atoms with Gasteiger partial charge in [-0.2, -0.15) is 0 Å². The number of nitrogens with two attached hydrogens (primary N) is 1. The molecular formula is C17H18N4O6S. The highest BCUT2D eigenvalue weighted by molar-refractivity contribution is 7.89. The maximum Gasteiger partial charge on any atom is 0.293 e. The number of morpholine rings is 1. The molecule has 0 unspecified atom stereocenters. The first-order valence-electron chi connectivity index (χ1n) is 8.31. The van der Waals surface area contributed by atoms with Crippen molar-refractivity contribution in [3.8, 4) is 0 Å². The number of nitrogens with one attached hydrogen (secondary N) is 1. The van der Waals surface area contributed by atoms with Gasteiger partial charge in [0.05, 0.1) is 23.0 Å². The summed E-state index contributed by atoms with van der Waals surface area (Å²) in [6, 6.07) is 9.55. The third-order valence-corrected chi connectivity index (χ3v) is 5.16. The quantitative estimate of drug-likeness (QED) is 0.563. The topological polar surface area (TPSA) is 145 Å². The molecule has 2 aromatic carbocycles. The Morgan fingerprint density at radius 3 is 2.36 bits per heavy atom. The summed E-state index contributed by atoms with van der Waals surface area (Å²) >= 11 is 0. The van der Waals surface area contributed by atoms with Crippen LogP contribution in [0.25, 0.3) is 0 Å². The fourth-order valence-electron chi connectivity index (χ4n) is 2.81. The molecule has 0 aliphatic carbocycles. The van der Waals surface area contributed by atoms with E-state index in [4.69, 9.17) is 9.88 Å². The molecule has 148 valence electrons. The number of sulfonamides is 1. The predicted octanol–water partition coefficient (Wildman–Crippen LogP) is 1.33. The SMILES string of the molecule is NS(=O)(=O)c1ccc(NC(=O)c2ccc(N3CCOCC3)c([N+](=O)[O-])c2)cc1.